The van der Waals surface area contributed by atoms with Crippen molar-refractivity contribution in [3.63, 3.8) is 0 Å². The first-order chi connectivity index (χ1) is 6.72. The molecule has 3 nitrogen and oxygen atoms in total. The van der Waals surface area contributed by atoms with E-state index in [4.69, 9.17) is 0 Å². The SMILES string of the molecule is CC1CCC([N-]S(=O)(=O)C(F)(F)F)CC1. The summed E-state index contributed by atoms with van der Waals surface area (Å²) in [6, 6.07) is -0.687. The molecule has 7 heteroatoms. The topological polar surface area (TPSA) is 48.2 Å². The Hall–Kier alpha value is -0.300. The van der Waals surface area contributed by atoms with Gasteiger partial charge in [-0.2, -0.15) is 13.2 Å². The van der Waals surface area contributed by atoms with Crippen molar-refractivity contribution in [3.05, 3.63) is 4.72 Å². The Morgan fingerprint density at radius 2 is 1.60 bits per heavy atom. The summed E-state index contributed by atoms with van der Waals surface area (Å²) in [5.41, 5.74) is -5.25. The highest BCUT2D eigenvalue weighted by Gasteiger charge is 2.39. The van der Waals surface area contributed by atoms with Crippen molar-refractivity contribution in [2.75, 3.05) is 0 Å². The van der Waals surface area contributed by atoms with Gasteiger partial charge in [0.15, 0.2) is 10.0 Å². The molecule has 0 aromatic carbocycles. The summed E-state index contributed by atoms with van der Waals surface area (Å²) in [6.45, 7) is 1.99. The molecule has 0 aromatic rings. The predicted octanol–water partition coefficient (Wildman–Crippen LogP) is 2.79. The van der Waals surface area contributed by atoms with Crippen molar-refractivity contribution < 1.29 is 21.6 Å². The number of nitrogens with zero attached hydrogens (tertiary/aromatic N) is 1. The average Bonchev–Trinajstić information content (AvgIpc) is 2.06. The van der Waals surface area contributed by atoms with Crippen LogP contribution in [-0.2, 0) is 10.0 Å². The van der Waals surface area contributed by atoms with E-state index in [2.05, 4.69) is 4.72 Å². The van der Waals surface area contributed by atoms with Crippen LogP contribution in [0.25, 0.3) is 4.72 Å². The first kappa shape index (κ1) is 12.8. The van der Waals surface area contributed by atoms with E-state index in [0.717, 1.165) is 12.8 Å². The molecule has 1 aliphatic rings. The lowest BCUT2D eigenvalue weighted by atomic mass is 9.88. The molecule has 0 aromatic heterocycles. The second-order valence-electron chi connectivity index (χ2n) is 3.94. The zero-order chi connectivity index (χ0) is 11.7. The van der Waals surface area contributed by atoms with E-state index in [1.807, 2.05) is 6.92 Å². The Morgan fingerprint density at radius 1 is 1.13 bits per heavy atom. The second-order valence-corrected chi connectivity index (χ2v) is 5.56. The van der Waals surface area contributed by atoms with Crippen LogP contribution in [0.3, 0.4) is 0 Å². The number of halogens is 3. The summed E-state index contributed by atoms with van der Waals surface area (Å²) >= 11 is 0. The Labute approximate surface area is 87.1 Å². The summed E-state index contributed by atoms with van der Waals surface area (Å²) in [5.74, 6) is 0.449. The van der Waals surface area contributed by atoms with E-state index in [1.165, 1.54) is 0 Å². The van der Waals surface area contributed by atoms with Gasteiger partial charge in [-0.1, -0.05) is 32.6 Å². The first-order valence-corrected chi connectivity index (χ1v) is 6.20. The molecule has 1 rings (SSSR count). The highest BCUT2D eigenvalue weighted by atomic mass is 32.2. The van der Waals surface area contributed by atoms with Crippen molar-refractivity contribution in [2.24, 2.45) is 5.92 Å². The number of hydrogen-bond acceptors (Lipinski definition) is 2. The fourth-order valence-electron chi connectivity index (χ4n) is 1.60. The number of hydrogen-bond donors (Lipinski definition) is 0. The molecule has 0 unspecified atom stereocenters. The molecule has 0 spiro atoms. The maximum Gasteiger partial charge on any atom is 0.480 e. The van der Waals surface area contributed by atoms with E-state index in [9.17, 15) is 21.6 Å². The summed E-state index contributed by atoms with van der Waals surface area (Å²) < 4.78 is 60.3. The summed E-state index contributed by atoms with van der Waals surface area (Å²) in [4.78, 5) is 0. The van der Waals surface area contributed by atoms with Gasteiger partial charge in [0, 0.05) is 0 Å². The van der Waals surface area contributed by atoms with E-state index >= 15 is 0 Å². The van der Waals surface area contributed by atoms with E-state index < -0.39 is 21.6 Å². The average molecular weight is 244 g/mol. The van der Waals surface area contributed by atoms with E-state index in [0.29, 0.717) is 18.8 Å². The highest BCUT2D eigenvalue weighted by Crippen LogP contribution is 2.35. The Bertz CT molecular complexity index is 304. The predicted molar refractivity (Wildman–Crippen MR) is 49.8 cm³/mol. The molecule has 1 fully saturated rings. The fraction of sp³-hybridized carbons (Fsp3) is 1.00. The van der Waals surface area contributed by atoms with Gasteiger partial charge in [-0.25, -0.2) is 8.42 Å². The Balaban J connectivity index is 2.56. The minimum absolute atomic E-state index is 0.427. The smallest absolute Gasteiger partial charge is 0.480 e. The molecule has 0 radical (unpaired) electrons. The maximum absolute atomic E-state index is 12.0. The molecule has 15 heavy (non-hydrogen) atoms. The van der Waals surface area contributed by atoms with Gasteiger partial charge in [0.2, 0.25) is 0 Å². The van der Waals surface area contributed by atoms with Gasteiger partial charge in [0.05, 0.1) is 0 Å². The normalized spacial score (nSPS) is 29.1. The lowest BCUT2D eigenvalue weighted by molar-refractivity contribution is -0.0428. The molecule has 0 N–H and O–H groups in total. The third-order valence-corrected chi connectivity index (χ3v) is 3.73. The molecular weight excluding hydrogens is 231 g/mol. The monoisotopic (exact) mass is 244 g/mol. The number of rotatable bonds is 2. The van der Waals surface area contributed by atoms with Gasteiger partial charge in [0.1, 0.15) is 0 Å². The molecule has 0 atom stereocenters. The molecule has 0 bridgehead atoms. The highest BCUT2D eigenvalue weighted by molar-refractivity contribution is 7.94. The molecule has 1 saturated carbocycles. The van der Waals surface area contributed by atoms with Crippen molar-refractivity contribution >= 4 is 10.0 Å². The van der Waals surface area contributed by atoms with Gasteiger partial charge in [-0.15, -0.1) is 6.04 Å². The van der Waals surface area contributed by atoms with E-state index in [1.54, 1.807) is 0 Å². The lowest BCUT2D eigenvalue weighted by Crippen LogP contribution is -2.27. The van der Waals surface area contributed by atoms with Crippen molar-refractivity contribution in [3.8, 4) is 0 Å². The van der Waals surface area contributed by atoms with Gasteiger partial charge < -0.3 is 4.72 Å². The minimum atomic E-state index is -5.29. The van der Waals surface area contributed by atoms with E-state index in [-0.39, 0.29) is 0 Å². The lowest BCUT2D eigenvalue weighted by Gasteiger charge is -2.36. The molecular formula is C8H13F3NO2S-. The van der Waals surface area contributed by atoms with Crippen molar-refractivity contribution in [2.45, 2.75) is 44.2 Å². The van der Waals surface area contributed by atoms with Gasteiger partial charge in [0.25, 0.3) is 0 Å². The van der Waals surface area contributed by atoms with Crippen molar-refractivity contribution in [1.29, 1.82) is 0 Å². The first-order valence-electron chi connectivity index (χ1n) is 4.76. The van der Waals surface area contributed by atoms with Crippen LogP contribution >= 0.6 is 0 Å². The van der Waals surface area contributed by atoms with Crippen LogP contribution in [0.4, 0.5) is 13.2 Å². The van der Waals surface area contributed by atoms with Crippen LogP contribution in [0.1, 0.15) is 32.6 Å². The Kier molecular flexibility index (Phi) is 3.65. The van der Waals surface area contributed by atoms with Gasteiger partial charge in [-0.3, -0.25) is 0 Å². The third kappa shape index (κ3) is 3.34. The van der Waals surface area contributed by atoms with Crippen LogP contribution in [-0.4, -0.2) is 20.0 Å². The van der Waals surface area contributed by atoms with Crippen LogP contribution in [0, 0.1) is 5.92 Å². The number of sulfonamides is 1. The molecule has 0 aliphatic heterocycles. The van der Waals surface area contributed by atoms with Crippen LogP contribution < -0.4 is 0 Å². The van der Waals surface area contributed by atoms with Crippen LogP contribution in [0.5, 0.6) is 0 Å². The summed E-state index contributed by atoms with van der Waals surface area (Å²) in [7, 11) is -5.29. The van der Waals surface area contributed by atoms with Crippen LogP contribution in [0.15, 0.2) is 0 Å². The quantitative estimate of drug-likeness (QED) is 0.749. The van der Waals surface area contributed by atoms with Gasteiger partial charge >= 0.3 is 5.51 Å². The van der Waals surface area contributed by atoms with Gasteiger partial charge in [-0.05, 0) is 5.92 Å². The molecule has 0 saturated heterocycles. The van der Waals surface area contributed by atoms with Crippen molar-refractivity contribution in [1.82, 2.24) is 0 Å². The third-order valence-electron chi connectivity index (χ3n) is 2.57. The zero-order valence-electron chi connectivity index (χ0n) is 8.29. The largest absolute Gasteiger partial charge is 0.538 e. The minimum Gasteiger partial charge on any atom is -0.538 e. The molecule has 1 aliphatic carbocycles. The molecule has 0 heterocycles. The second kappa shape index (κ2) is 4.29. The molecule has 0 amide bonds. The fourth-order valence-corrected chi connectivity index (χ4v) is 2.33. The summed E-state index contributed by atoms with van der Waals surface area (Å²) in [5, 5.41) is 0. The number of alkyl halides is 3. The maximum atomic E-state index is 12.0. The van der Waals surface area contributed by atoms with Crippen LogP contribution in [0.2, 0.25) is 0 Å². The zero-order valence-corrected chi connectivity index (χ0v) is 9.11. The molecule has 90 valence electrons. The summed E-state index contributed by atoms with van der Waals surface area (Å²) in [6.07, 6.45) is 2.33. The Morgan fingerprint density at radius 3 is 2.00 bits per heavy atom. The standard InChI is InChI=1S/C8H13F3NO2S/c1-6-2-4-7(5-3-6)12-15(13,14)8(9,10)11/h6-7H,2-5H2,1H3/q-1.